The number of nitrogens with zero attached hydrogens (tertiary/aromatic N) is 3. The summed E-state index contributed by atoms with van der Waals surface area (Å²) < 4.78 is 29.9. The molecular formula is C50H60N4O13S. The SMILES string of the molecule is CO[C@H]1C=CO[C@@]2(C)Oc3c(C)c(O)c4c(O)c(c5sc(N6CCN(C(=O)OCc7ccccc7)CC6)nc5c4c3C2=O)NC(=O)/C(C)=C\C=C/[C@H](C)[C@H](O)[C@@H](C)[C@@H](O)[C@@H](C)[C@H](OC(C)=O)[C@@H]1C. The maximum Gasteiger partial charge on any atom is 0.410 e. The maximum absolute atomic E-state index is 14.8. The predicted molar refractivity (Wildman–Crippen MR) is 256 cm³/mol. The summed E-state index contributed by atoms with van der Waals surface area (Å²) in [6.45, 7) is 14.2. The molecule has 364 valence electrons. The van der Waals surface area contributed by atoms with Crippen LogP contribution in [0.3, 0.4) is 0 Å². The highest BCUT2D eigenvalue weighted by molar-refractivity contribution is 7.23. The number of fused-ring (bicyclic) bond motifs is 1. The fourth-order valence-electron chi connectivity index (χ4n) is 9.14. The van der Waals surface area contributed by atoms with Crippen molar-refractivity contribution in [3.05, 3.63) is 83.2 Å². The molecule has 4 heterocycles. The molecule has 0 saturated carbocycles. The molecular weight excluding hydrogens is 897 g/mol. The molecule has 3 aliphatic rings. The van der Waals surface area contributed by atoms with E-state index in [4.69, 9.17) is 28.7 Å². The minimum atomic E-state index is -2.00. The summed E-state index contributed by atoms with van der Waals surface area (Å²) in [5.41, 5.74) is 1.33. The van der Waals surface area contributed by atoms with Crippen LogP contribution >= 0.6 is 11.3 Å². The number of carbonyl (C=O) groups is 4. The largest absolute Gasteiger partial charge is 0.507 e. The minimum Gasteiger partial charge on any atom is -0.507 e. The minimum absolute atomic E-state index is 0.00146. The number of hydrogen-bond acceptors (Lipinski definition) is 16. The van der Waals surface area contributed by atoms with E-state index in [0.29, 0.717) is 36.0 Å². The Morgan fingerprint density at radius 1 is 0.941 bits per heavy atom. The topological polar surface area (TPSA) is 227 Å². The number of benzene rings is 3. The lowest BCUT2D eigenvalue weighted by Gasteiger charge is -2.38. The van der Waals surface area contributed by atoms with Crippen molar-refractivity contribution in [2.45, 2.75) is 92.2 Å². The number of aliphatic hydroxyl groups excluding tert-OH is 2. The van der Waals surface area contributed by atoms with E-state index in [9.17, 15) is 39.6 Å². The van der Waals surface area contributed by atoms with Crippen LogP contribution in [-0.4, -0.2) is 118 Å². The number of aromatic hydroxyl groups is 2. The molecule has 0 unspecified atom stereocenters. The number of allylic oxidation sites excluding steroid dienone is 2. The van der Waals surface area contributed by atoms with E-state index in [-0.39, 0.29) is 51.0 Å². The number of carbonyl (C=O) groups excluding carboxylic acids is 4. The Hall–Kier alpha value is -6.21. The number of phenols is 2. The van der Waals surface area contributed by atoms with Gasteiger partial charge in [0, 0.05) is 87.3 Å². The number of esters is 1. The zero-order chi connectivity index (χ0) is 49.4. The number of phenolic OH excluding ortho intramolecular Hbond substituents is 2. The molecule has 0 spiro atoms. The van der Waals surface area contributed by atoms with Crippen LogP contribution in [0.5, 0.6) is 17.2 Å². The van der Waals surface area contributed by atoms with Gasteiger partial charge in [-0.1, -0.05) is 87.6 Å². The quantitative estimate of drug-likeness (QED) is 0.0992. The molecule has 68 heavy (non-hydrogen) atoms. The van der Waals surface area contributed by atoms with Crippen LogP contribution in [0.4, 0.5) is 15.6 Å². The number of aliphatic hydroxyl groups is 2. The third kappa shape index (κ3) is 9.59. The standard InChI is InChI=1S/C50H60N4O13S/c1-25-14-13-15-26(2)47(61)51-38-42(59)35-34(37-45(38)68-48(52-37)53-19-21-54(22-20-53)49(62)64-24-32-16-11-10-12-17-32)36-44(30(6)41(35)58)67-50(8,46(36)60)65-23-18-33(63-9)27(3)43(66-31(7)55)29(5)40(57)28(4)39(25)56/h10-18,23,25,27-29,33,39-40,43,56-59H,19-22,24H2,1-9H3,(H,51,61)/b14-13-,23-18?,26-15-/t25-,27+,28+,29+,33-,39-,40+,43+,50-/m0/s1. The number of nitrogens with one attached hydrogen (secondary N) is 1. The number of piperazine rings is 1. The van der Waals surface area contributed by atoms with Crippen LogP contribution in [0.25, 0.3) is 21.0 Å². The fraction of sp³-hybridized carbons (Fsp3) is 0.460. The number of amides is 2. The Balaban J connectivity index is 1.32. The van der Waals surface area contributed by atoms with Crippen LogP contribution in [0.2, 0.25) is 0 Å². The summed E-state index contributed by atoms with van der Waals surface area (Å²) in [7, 11) is 1.45. The molecule has 4 bridgehead atoms. The summed E-state index contributed by atoms with van der Waals surface area (Å²) in [6, 6.07) is 9.37. The van der Waals surface area contributed by atoms with Crippen molar-refractivity contribution in [2.75, 3.05) is 43.5 Å². The van der Waals surface area contributed by atoms with E-state index in [1.54, 1.807) is 57.7 Å². The summed E-state index contributed by atoms with van der Waals surface area (Å²) in [5.74, 6) is -7.25. The lowest BCUT2D eigenvalue weighted by atomic mass is 9.78. The molecule has 0 aliphatic carbocycles. The van der Waals surface area contributed by atoms with Crippen molar-refractivity contribution >= 4 is 66.9 Å². The van der Waals surface area contributed by atoms with Crippen LogP contribution in [0.15, 0.2) is 66.5 Å². The van der Waals surface area contributed by atoms with E-state index >= 15 is 0 Å². The summed E-state index contributed by atoms with van der Waals surface area (Å²) >= 11 is 1.15. The number of anilines is 2. The molecule has 3 aromatic carbocycles. The first-order valence-electron chi connectivity index (χ1n) is 22.6. The van der Waals surface area contributed by atoms with Gasteiger partial charge in [-0.3, -0.25) is 14.4 Å². The van der Waals surface area contributed by atoms with Gasteiger partial charge in [-0.25, -0.2) is 9.78 Å². The van der Waals surface area contributed by atoms with E-state index in [1.807, 2.05) is 35.2 Å². The van der Waals surface area contributed by atoms with Gasteiger partial charge in [0.1, 0.15) is 29.9 Å². The second-order valence-corrected chi connectivity index (χ2v) is 19.0. The van der Waals surface area contributed by atoms with Crippen molar-refractivity contribution < 1.29 is 63.3 Å². The molecule has 7 rings (SSSR count). The number of ketones is 1. The molecule has 3 aliphatic heterocycles. The van der Waals surface area contributed by atoms with Gasteiger partial charge < -0.3 is 59.2 Å². The molecule has 1 fully saturated rings. The monoisotopic (exact) mass is 956 g/mol. The van der Waals surface area contributed by atoms with Crippen LogP contribution in [0, 0.1) is 30.6 Å². The van der Waals surface area contributed by atoms with Gasteiger partial charge in [-0.05, 0) is 25.5 Å². The van der Waals surface area contributed by atoms with E-state index in [0.717, 1.165) is 16.9 Å². The zero-order valence-electron chi connectivity index (χ0n) is 39.6. The average Bonchev–Trinajstić information content (AvgIpc) is 3.88. The summed E-state index contributed by atoms with van der Waals surface area (Å²) in [4.78, 5) is 62.8. The van der Waals surface area contributed by atoms with Crippen molar-refractivity contribution in [3.8, 4) is 17.2 Å². The van der Waals surface area contributed by atoms with Crippen molar-refractivity contribution in [1.29, 1.82) is 0 Å². The Labute approximate surface area is 398 Å². The van der Waals surface area contributed by atoms with Crippen LogP contribution in [0.1, 0.15) is 70.0 Å². The second kappa shape index (κ2) is 20.2. The molecule has 2 amide bonds. The molecule has 0 radical (unpaired) electrons. The number of Topliss-reactive ketones (excluding diaryl/α,β-unsaturated/α-hetero) is 1. The smallest absolute Gasteiger partial charge is 0.410 e. The Morgan fingerprint density at radius 2 is 1.63 bits per heavy atom. The number of thiazole rings is 1. The van der Waals surface area contributed by atoms with E-state index in [2.05, 4.69) is 5.32 Å². The normalized spacial score (nSPS) is 28.5. The van der Waals surface area contributed by atoms with Crippen molar-refractivity contribution in [3.63, 3.8) is 0 Å². The number of hydrogen-bond donors (Lipinski definition) is 5. The molecule has 1 saturated heterocycles. The van der Waals surface area contributed by atoms with Gasteiger partial charge in [0.2, 0.25) is 0 Å². The maximum atomic E-state index is 14.8. The summed E-state index contributed by atoms with van der Waals surface area (Å²) in [5, 5.41) is 50.3. The highest BCUT2D eigenvalue weighted by atomic mass is 32.1. The third-order valence-corrected chi connectivity index (χ3v) is 14.5. The van der Waals surface area contributed by atoms with Crippen molar-refractivity contribution in [2.24, 2.45) is 23.7 Å². The molecule has 1 aromatic heterocycles. The van der Waals surface area contributed by atoms with E-state index in [1.165, 1.54) is 40.2 Å². The lowest BCUT2D eigenvalue weighted by Crippen LogP contribution is -2.48. The van der Waals surface area contributed by atoms with Gasteiger partial charge in [0.05, 0.1) is 45.7 Å². The number of aromatic nitrogens is 1. The molecule has 18 heteroatoms. The van der Waals surface area contributed by atoms with Gasteiger partial charge >= 0.3 is 17.8 Å². The highest BCUT2D eigenvalue weighted by Crippen LogP contribution is 2.55. The summed E-state index contributed by atoms with van der Waals surface area (Å²) in [6.07, 6.45) is 3.29. The fourth-order valence-corrected chi connectivity index (χ4v) is 10.3. The highest BCUT2D eigenvalue weighted by Gasteiger charge is 2.50. The van der Waals surface area contributed by atoms with Crippen LogP contribution in [-0.2, 0) is 35.1 Å². The number of methoxy groups -OCH3 is 1. The predicted octanol–water partition coefficient (Wildman–Crippen LogP) is 7.12. The number of rotatable bonds is 5. The van der Waals surface area contributed by atoms with Gasteiger partial charge in [0.15, 0.2) is 10.9 Å². The first-order valence-corrected chi connectivity index (χ1v) is 23.5. The molecule has 17 nitrogen and oxygen atoms in total. The first-order chi connectivity index (χ1) is 32.3. The Bertz CT molecular complexity index is 2680. The van der Waals surface area contributed by atoms with Crippen LogP contribution < -0.4 is 15.0 Å². The Morgan fingerprint density at radius 3 is 2.29 bits per heavy atom. The lowest BCUT2D eigenvalue weighted by molar-refractivity contribution is -0.160. The van der Waals surface area contributed by atoms with Gasteiger partial charge in [-0.2, -0.15) is 0 Å². The van der Waals surface area contributed by atoms with Gasteiger partial charge in [0.25, 0.3) is 11.7 Å². The van der Waals surface area contributed by atoms with Gasteiger partial charge in [-0.15, -0.1) is 0 Å². The Kier molecular flexibility index (Phi) is 14.7. The molecule has 9 atom stereocenters. The first kappa shape index (κ1) is 49.7. The van der Waals surface area contributed by atoms with E-state index < -0.39 is 89.1 Å². The second-order valence-electron chi connectivity index (χ2n) is 18.0. The number of ether oxygens (including phenoxy) is 5. The third-order valence-electron chi connectivity index (χ3n) is 13.4. The zero-order valence-corrected chi connectivity index (χ0v) is 40.5. The average molecular weight is 957 g/mol. The van der Waals surface area contributed by atoms with Crippen molar-refractivity contribution in [1.82, 2.24) is 9.88 Å². The molecule has 5 N–H and O–H groups in total. The molecule has 4 aromatic rings.